The van der Waals surface area contributed by atoms with Crippen LogP contribution in [0.1, 0.15) is 34.9 Å². The highest BCUT2D eigenvalue weighted by molar-refractivity contribution is 6.08. The first-order valence-electron chi connectivity index (χ1n) is 7.83. The minimum atomic E-state index is 0.0452. The Bertz CT molecular complexity index is 1080. The summed E-state index contributed by atoms with van der Waals surface area (Å²) in [6, 6.07) is 9.25. The van der Waals surface area contributed by atoms with Gasteiger partial charge in [-0.2, -0.15) is 10.5 Å². The van der Waals surface area contributed by atoms with Crippen molar-refractivity contribution in [3.8, 4) is 23.6 Å². The number of nitrogen functional groups attached to an aromatic ring is 1. The highest BCUT2D eigenvalue weighted by Gasteiger charge is 2.29. The Kier molecular flexibility index (Phi) is 4.11. The molecule has 6 nitrogen and oxygen atoms in total. The molecule has 0 unspecified atom stereocenters. The summed E-state index contributed by atoms with van der Waals surface area (Å²) < 4.78 is 5.15. The third kappa shape index (κ3) is 2.45. The van der Waals surface area contributed by atoms with Crippen molar-refractivity contribution in [2.45, 2.75) is 13.8 Å². The SMILES string of the molecule is COc1cc(C=C2C(C)=C(C#N)c3nc(N)c(C#N)c(C)c32)ccc1O. The van der Waals surface area contributed by atoms with Crippen LogP contribution in [-0.2, 0) is 0 Å². The number of allylic oxidation sites excluding steroid dienone is 3. The molecule has 3 N–H and O–H groups in total. The lowest BCUT2D eigenvalue weighted by Crippen LogP contribution is -2.03. The molecule has 3 rings (SSSR count). The smallest absolute Gasteiger partial charge is 0.161 e. The first-order chi connectivity index (χ1) is 12.4. The standard InChI is InChI=1S/C20H16N4O2/c1-10-13(6-12-4-5-16(25)17(7-12)26-3)18-11(2)15(9-22)20(23)24-19(18)14(10)8-21/h4-7,25H,1-3H3,(H2,23,24). The first-order valence-corrected chi connectivity index (χ1v) is 7.83. The molecule has 128 valence electrons. The molecule has 1 heterocycles. The molecule has 2 aromatic rings. The molecule has 0 atom stereocenters. The number of aromatic nitrogens is 1. The molecule has 1 aromatic carbocycles. The number of benzene rings is 1. The van der Waals surface area contributed by atoms with E-state index in [1.54, 1.807) is 25.1 Å². The fraction of sp³-hybridized carbons (Fsp3) is 0.150. The zero-order valence-electron chi connectivity index (χ0n) is 14.6. The van der Waals surface area contributed by atoms with Gasteiger partial charge in [0.25, 0.3) is 0 Å². The summed E-state index contributed by atoms with van der Waals surface area (Å²) in [6.07, 6.45) is 1.88. The third-order valence-electron chi connectivity index (χ3n) is 4.50. The van der Waals surface area contributed by atoms with Crippen molar-refractivity contribution in [1.82, 2.24) is 4.98 Å². The van der Waals surface area contributed by atoms with E-state index in [1.807, 2.05) is 13.0 Å². The summed E-state index contributed by atoms with van der Waals surface area (Å²) in [6.45, 7) is 3.64. The van der Waals surface area contributed by atoms with Crippen molar-refractivity contribution in [3.63, 3.8) is 0 Å². The summed E-state index contributed by atoms with van der Waals surface area (Å²) in [5, 5.41) is 28.7. The van der Waals surface area contributed by atoms with Gasteiger partial charge in [-0.05, 0) is 54.3 Å². The number of methoxy groups -OCH3 is 1. The Hall–Kier alpha value is -3.77. The quantitative estimate of drug-likeness (QED) is 0.862. The van der Waals surface area contributed by atoms with Crippen LogP contribution in [0.15, 0.2) is 23.8 Å². The van der Waals surface area contributed by atoms with Gasteiger partial charge in [-0.25, -0.2) is 4.98 Å². The summed E-state index contributed by atoms with van der Waals surface area (Å²) in [7, 11) is 1.48. The summed E-state index contributed by atoms with van der Waals surface area (Å²) in [4.78, 5) is 4.30. The van der Waals surface area contributed by atoms with E-state index in [2.05, 4.69) is 17.1 Å². The lowest BCUT2D eigenvalue weighted by molar-refractivity contribution is 0.373. The Morgan fingerprint density at radius 3 is 2.58 bits per heavy atom. The normalized spacial score (nSPS) is 14.1. The maximum atomic E-state index is 9.77. The Labute approximate surface area is 151 Å². The predicted molar refractivity (Wildman–Crippen MR) is 98.8 cm³/mol. The minimum Gasteiger partial charge on any atom is -0.504 e. The van der Waals surface area contributed by atoms with Crippen LogP contribution in [0.25, 0.3) is 17.2 Å². The number of hydrogen-bond acceptors (Lipinski definition) is 6. The number of phenols is 1. The molecule has 0 bridgehead atoms. The van der Waals surface area contributed by atoms with Gasteiger partial charge in [0.15, 0.2) is 11.5 Å². The average molecular weight is 344 g/mol. The number of pyridine rings is 1. The van der Waals surface area contributed by atoms with Crippen molar-refractivity contribution < 1.29 is 9.84 Å². The molecule has 0 saturated carbocycles. The maximum Gasteiger partial charge on any atom is 0.161 e. The molecule has 0 saturated heterocycles. The van der Waals surface area contributed by atoms with Crippen LogP contribution in [0.5, 0.6) is 11.5 Å². The van der Waals surface area contributed by atoms with Crippen LogP contribution >= 0.6 is 0 Å². The minimum absolute atomic E-state index is 0.0452. The zero-order valence-corrected chi connectivity index (χ0v) is 14.6. The number of aromatic hydroxyl groups is 1. The lowest BCUT2D eigenvalue weighted by atomic mass is 9.95. The highest BCUT2D eigenvalue weighted by atomic mass is 16.5. The second kappa shape index (κ2) is 6.27. The summed E-state index contributed by atoms with van der Waals surface area (Å²) in [5.74, 6) is 0.519. The van der Waals surface area contributed by atoms with Crippen LogP contribution in [0.4, 0.5) is 5.82 Å². The van der Waals surface area contributed by atoms with Gasteiger partial charge in [-0.3, -0.25) is 0 Å². The number of fused-ring (bicyclic) bond motifs is 1. The number of hydrogen-bond donors (Lipinski definition) is 2. The molecule has 26 heavy (non-hydrogen) atoms. The van der Waals surface area contributed by atoms with E-state index in [-0.39, 0.29) is 11.6 Å². The number of phenolic OH excluding ortho intramolecular Hbond substituents is 1. The van der Waals surface area contributed by atoms with Gasteiger partial charge < -0.3 is 15.6 Å². The molecule has 0 radical (unpaired) electrons. The lowest BCUT2D eigenvalue weighted by Gasteiger charge is -2.11. The van der Waals surface area contributed by atoms with Gasteiger partial charge in [-0.15, -0.1) is 0 Å². The van der Waals surface area contributed by atoms with Crippen LogP contribution in [0.2, 0.25) is 0 Å². The van der Waals surface area contributed by atoms with Gasteiger partial charge in [0.1, 0.15) is 18.0 Å². The third-order valence-corrected chi connectivity index (χ3v) is 4.50. The zero-order chi connectivity index (χ0) is 19.0. The van der Waals surface area contributed by atoms with Gasteiger partial charge in [0.2, 0.25) is 0 Å². The Balaban J connectivity index is 2.30. The summed E-state index contributed by atoms with van der Waals surface area (Å²) in [5.41, 5.74) is 10.9. The van der Waals surface area contributed by atoms with Crippen molar-refractivity contribution in [1.29, 1.82) is 10.5 Å². The molecule has 1 aliphatic rings. The summed E-state index contributed by atoms with van der Waals surface area (Å²) >= 11 is 0. The van der Waals surface area contributed by atoms with Crippen molar-refractivity contribution in [3.05, 3.63) is 51.7 Å². The molecule has 0 amide bonds. The largest absolute Gasteiger partial charge is 0.504 e. The Morgan fingerprint density at radius 1 is 1.23 bits per heavy atom. The van der Waals surface area contributed by atoms with E-state index in [9.17, 15) is 15.6 Å². The second-order valence-corrected chi connectivity index (χ2v) is 5.93. The van der Waals surface area contributed by atoms with E-state index in [4.69, 9.17) is 10.5 Å². The van der Waals surface area contributed by atoms with Gasteiger partial charge >= 0.3 is 0 Å². The molecule has 0 aliphatic heterocycles. The molecule has 0 spiro atoms. The Morgan fingerprint density at radius 2 is 1.96 bits per heavy atom. The fourth-order valence-corrected chi connectivity index (χ4v) is 3.15. The monoisotopic (exact) mass is 344 g/mol. The maximum absolute atomic E-state index is 9.77. The van der Waals surface area contributed by atoms with Crippen molar-refractivity contribution >= 4 is 23.0 Å². The van der Waals surface area contributed by atoms with Crippen LogP contribution < -0.4 is 10.5 Å². The number of nitriles is 2. The first kappa shape index (κ1) is 17.1. The topological polar surface area (TPSA) is 116 Å². The van der Waals surface area contributed by atoms with E-state index >= 15 is 0 Å². The van der Waals surface area contributed by atoms with Crippen LogP contribution in [0.3, 0.4) is 0 Å². The number of ether oxygens (including phenoxy) is 1. The van der Waals surface area contributed by atoms with Gasteiger partial charge in [-0.1, -0.05) is 6.07 Å². The van der Waals surface area contributed by atoms with Crippen molar-refractivity contribution in [2.75, 3.05) is 12.8 Å². The molecular formula is C20H16N4O2. The number of nitrogens with zero attached hydrogens (tertiary/aromatic N) is 3. The van der Waals surface area contributed by atoms with Crippen LogP contribution in [0, 0.1) is 29.6 Å². The number of anilines is 1. The fourth-order valence-electron chi connectivity index (χ4n) is 3.15. The van der Waals surface area contributed by atoms with Crippen molar-refractivity contribution in [2.24, 2.45) is 0 Å². The van der Waals surface area contributed by atoms with Gasteiger partial charge in [0.05, 0.1) is 23.9 Å². The van der Waals surface area contributed by atoms with E-state index in [0.29, 0.717) is 28.1 Å². The molecule has 6 heteroatoms. The van der Waals surface area contributed by atoms with E-state index in [1.165, 1.54) is 7.11 Å². The number of rotatable bonds is 2. The average Bonchev–Trinajstić information content (AvgIpc) is 2.88. The molecule has 1 aromatic heterocycles. The molecular weight excluding hydrogens is 328 g/mol. The second-order valence-electron chi connectivity index (χ2n) is 5.93. The molecule has 0 fully saturated rings. The molecule has 1 aliphatic carbocycles. The predicted octanol–water partition coefficient (Wildman–Crippen LogP) is 3.41. The van der Waals surface area contributed by atoms with E-state index in [0.717, 1.165) is 22.3 Å². The van der Waals surface area contributed by atoms with Crippen LogP contribution in [-0.4, -0.2) is 17.2 Å². The van der Waals surface area contributed by atoms with Gasteiger partial charge in [0, 0.05) is 5.56 Å². The van der Waals surface area contributed by atoms with E-state index < -0.39 is 0 Å². The number of nitrogens with two attached hydrogens (primary N) is 1. The highest BCUT2D eigenvalue weighted by Crippen LogP contribution is 2.44.